The minimum Gasteiger partial charge on any atom is -0.310 e. The smallest absolute Gasteiger partial charge is 0.0541 e. The molecule has 0 saturated heterocycles. The number of fused-ring (bicyclic) bond motifs is 3. The molecule has 2 nitrogen and oxygen atoms in total. The van der Waals surface area contributed by atoms with E-state index >= 15 is 0 Å². The predicted octanol–water partition coefficient (Wildman–Crippen LogP) is 16.4. The van der Waals surface area contributed by atoms with Crippen LogP contribution in [0.25, 0.3) is 78.1 Å². The number of allylic oxidation sites excluding steroid dienone is 2. The third kappa shape index (κ3) is 7.26. The van der Waals surface area contributed by atoms with E-state index < -0.39 is 0 Å². The molecule has 10 aromatic rings. The number of hydrogen-bond donors (Lipinski definition) is 0. The number of aromatic nitrogens is 1. The molecule has 0 fully saturated rings. The summed E-state index contributed by atoms with van der Waals surface area (Å²) in [5.74, 6) is 0. The predicted molar refractivity (Wildman–Crippen MR) is 261 cm³/mol. The average Bonchev–Trinajstić information content (AvgIpc) is 3.67. The third-order valence-electron chi connectivity index (χ3n) is 11.7. The molecule has 0 spiro atoms. The SMILES string of the molecule is C=C/C=C\c1cc(-c2ccccc2N(c2ccc(-c3ccc(-c4ccccc4)cc3)cc2)c2ccc(-c3cccc(-n4c5ccccc5c5ccccc54)c3)cc2)ccc1C. The number of hydrogen-bond acceptors (Lipinski definition) is 1. The second kappa shape index (κ2) is 16.4. The van der Waals surface area contributed by atoms with Crippen LogP contribution < -0.4 is 4.90 Å². The topological polar surface area (TPSA) is 8.17 Å². The van der Waals surface area contributed by atoms with Crippen molar-refractivity contribution in [3.63, 3.8) is 0 Å². The standard InChI is InChI=1S/C59H44N2/c1-3-4-15-48-40-50(27-26-42(48)2)54-20-8-11-23-57(54)60(51-36-32-46(33-37-51)45-30-28-44(29-31-45)43-16-6-5-7-17-43)52-38-34-47(35-39-52)49-18-14-19-53(41-49)61-58-24-12-9-21-55(58)56-22-10-13-25-59(56)61/h3-41H,1H2,2H3/b15-4-. The molecule has 0 saturated carbocycles. The van der Waals surface area contributed by atoms with E-state index in [4.69, 9.17) is 0 Å². The van der Waals surface area contributed by atoms with Crippen LogP contribution in [0.3, 0.4) is 0 Å². The van der Waals surface area contributed by atoms with Crippen molar-refractivity contribution in [3.8, 4) is 50.2 Å². The number of aryl methyl sites for hydroxylation is 1. The van der Waals surface area contributed by atoms with E-state index in [0.717, 1.165) is 39.4 Å². The number of para-hydroxylation sites is 3. The first kappa shape index (κ1) is 37.3. The highest BCUT2D eigenvalue weighted by molar-refractivity contribution is 6.09. The molecule has 2 heteroatoms. The molecule has 1 heterocycles. The van der Waals surface area contributed by atoms with E-state index in [1.165, 1.54) is 60.8 Å². The molecule has 9 aromatic carbocycles. The van der Waals surface area contributed by atoms with Crippen LogP contribution in [-0.4, -0.2) is 4.57 Å². The van der Waals surface area contributed by atoms with Gasteiger partial charge in [0.05, 0.1) is 16.7 Å². The van der Waals surface area contributed by atoms with Crippen LogP contribution in [0.1, 0.15) is 11.1 Å². The molecule has 0 aliphatic carbocycles. The molecular formula is C59H44N2. The van der Waals surface area contributed by atoms with Crippen molar-refractivity contribution < 1.29 is 0 Å². The molecule has 0 bridgehead atoms. The fraction of sp³-hybridized carbons (Fsp3) is 0.0169. The Morgan fingerprint density at radius 1 is 0.426 bits per heavy atom. The Hall–Kier alpha value is -7.94. The van der Waals surface area contributed by atoms with Crippen LogP contribution in [0.5, 0.6) is 0 Å². The van der Waals surface area contributed by atoms with E-state index in [9.17, 15) is 0 Å². The average molecular weight is 781 g/mol. The number of anilines is 3. The van der Waals surface area contributed by atoms with Gasteiger partial charge in [-0.25, -0.2) is 0 Å². The van der Waals surface area contributed by atoms with Crippen molar-refractivity contribution in [2.45, 2.75) is 6.92 Å². The summed E-state index contributed by atoms with van der Waals surface area (Å²) in [4.78, 5) is 2.38. The molecule has 290 valence electrons. The maximum absolute atomic E-state index is 3.90. The molecule has 0 atom stereocenters. The van der Waals surface area contributed by atoms with E-state index in [1.54, 1.807) is 0 Å². The first-order valence-electron chi connectivity index (χ1n) is 20.9. The van der Waals surface area contributed by atoms with Gasteiger partial charge in [0.25, 0.3) is 0 Å². The second-order valence-electron chi connectivity index (χ2n) is 15.5. The van der Waals surface area contributed by atoms with Crippen molar-refractivity contribution in [1.82, 2.24) is 4.57 Å². The van der Waals surface area contributed by atoms with E-state index in [2.05, 4.69) is 247 Å². The van der Waals surface area contributed by atoms with Crippen molar-refractivity contribution >= 4 is 44.9 Å². The Morgan fingerprint density at radius 2 is 0.918 bits per heavy atom. The van der Waals surface area contributed by atoms with Crippen molar-refractivity contribution in [3.05, 3.63) is 248 Å². The zero-order valence-corrected chi connectivity index (χ0v) is 34.1. The number of benzene rings is 9. The van der Waals surface area contributed by atoms with Crippen molar-refractivity contribution in [1.29, 1.82) is 0 Å². The summed E-state index contributed by atoms with van der Waals surface area (Å²) in [7, 11) is 0. The van der Waals surface area contributed by atoms with E-state index in [-0.39, 0.29) is 0 Å². The first-order valence-corrected chi connectivity index (χ1v) is 20.9. The fourth-order valence-corrected chi connectivity index (χ4v) is 8.62. The van der Waals surface area contributed by atoms with E-state index in [1.807, 2.05) is 12.2 Å². The lowest BCUT2D eigenvalue weighted by Crippen LogP contribution is -2.11. The van der Waals surface area contributed by atoms with Gasteiger partial charge in [0, 0.05) is 33.4 Å². The van der Waals surface area contributed by atoms with Gasteiger partial charge >= 0.3 is 0 Å². The third-order valence-corrected chi connectivity index (χ3v) is 11.7. The van der Waals surface area contributed by atoms with Crippen LogP contribution in [0.15, 0.2) is 237 Å². The fourth-order valence-electron chi connectivity index (χ4n) is 8.62. The maximum atomic E-state index is 3.90. The molecular weight excluding hydrogens is 737 g/mol. The Bertz CT molecular complexity index is 3130. The maximum Gasteiger partial charge on any atom is 0.0541 e. The zero-order valence-electron chi connectivity index (χ0n) is 34.1. The Kier molecular flexibility index (Phi) is 10.0. The highest BCUT2D eigenvalue weighted by atomic mass is 15.1. The molecule has 0 radical (unpaired) electrons. The minimum atomic E-state index is 1.08. The number of nitrogens with zero attached hydrogens (tertiary/aromatic N) is 2. The molecule has 61 heavy (non-hydrogen) atoms. The van der Waals surface area contributed by atoms with Gasteiger partial charge in [-0.3, -0.25) is 0 Å². The lowest BCUT2D eigenvalue weighted by molar-refractivity contribution is 1.18. The van der Waals surface area contributed by atoms with Gasteiger partial charge in [-0.2, -0.15) is 0 Å². The Morgan fingerprint density at radius 3 is 1.54 bits per heavy atom. The van der Waals surface area contributed by atoms with Gasteiger partial charge in [-0.05, 0) is 118 Å². The molecule has 10 rings (SSSR count). The second-order valence-corrected chi connectivity index (χ2v) is 15.5. The monoisotopic (exact) mass is 780 g/mol. The van der Waals surface area contributed by atoms with Gasteiger partial charge in [-0.15, -0.1) is 0 Å². The zero-order chi connectivity index (χ0) is 41.1. The molecule has 0 unspecified atom stereocenters. The quantitative estimate of drug-likeness (QED) is 0.126. The van der Waals surface area contributed by atoms with E-state index in [0.29, 0.717) is 0 Å². The van der Waals surface area contributed by atoms with Crippen LogP contribution in [-0.2, 0) is 0 Å². The normalized spacial score (nSPS) is 11.4. The van der Waals surface area contributed by atoms with Gasteiger partial charge in [0.2, 0.25) is 0 Å². The molecule has 0 amide bonds. The van der Waals surface area contributed by atoms with Crippen LogP contribution in [0.2, 0.25) is 0 Å². The number of rotatable bonds is 10. The summed E-state index contributed by atoms with van der Waals surface area (Å²) in [6.45, 7) is 6.06. The van der Waals surface area contributed by atoms with Crippen LogP contribution in [0, 0.1) is 6.92 Å². The van der Waals surface area contributed by atoms with Crippen molar-refractivity contribution in [2.75, 3.05) is 4.90 Å². The highest BCUT2D eigenvalue weighted by Crippen LogP contribution is 2.43. The summed E-state index contributed by atoms with van der Waals surface area (Å²) in [6, 6.07) is 79.1. The Labute approximate surface area is 358 Å². The molecule has 0 N–H and O–H groups in total. The van der Waals surface area contributed by atoms with Gasteiger partial charge in [0.1, 0.15) is 0 Å². The molecule has 0 aliphatic heterocycles. The minimum absolute atomic E-state index is 1.08. The van der Waals surface area contributed by atoms with Crippen molar-refractivity contribution in [2.24, 2.45) is 0 Å². The summed E-state index contributed by atoms with van der Waals surface area (Å²) < 4.78 is 2.38. The summed E-state index contributed by atoms with van der Waals surface area (Å²) in [5.41, 5.74) is 18.6. The molecule has 1 aromatic heterocycles. The summed E-state index contributed by atoms with van der Waals surface area (Å²) >= 11 is 0. The van der Waals surface area contributed by atoms with Gasteiger partial charge in [-0.1, -0.05) is 183 Å². The van der Waals surface area contributed by atoms with Crippen LogP contribution >= 0.6 is 0 Å². The lowest BCUT2D eigenvalue weighted by atomic mass is 9.96. The van der Waals surface area contributed by atoms with Crippen LogP contribution in [0.4, 0.5) is 17.1 Å². The lowest BCUT2D eigenvalue weighted by Gasteiger charge is -2.28. The van der Waals surface area contributed by atoms with Gasteiger partial charge < -0.3 is 9.47 Å². The Balaban J connectivity index is 1.04. The summed E-state index contributed by atoms with van der Waals surface area (Å²) in [5, 5.41) is 2.52. The van der Waals surface area contributed by atoms with Gasteiger partial charge in [0.15, 0.2) is 0 Å². The highest BCUT2D eigenvalue weighted by Gasteiger charge is 2.19. The summed E-state index contributed by atoms with van der Waals surface area (Å²) in [6.07, 6.45) is 5.96. The molecule has 0 aliphatic rings. The first-order chi connectivity index (χ1) is 30.1. The largest absolute Gasteiger partial charge is 0.310 e.